The van der Waals surface area contributed by atoms with E-state index in [4.69, 9.17) is 19.6 Å². The second-order valence-electron chi connectivity index (χ2n) is 7.64. The third-order valence-electron chi connectivity index (χ3n) is 5.58. The molecule has 2 aliphatic heterocycles. The third-order valence-corrected chi connectivity index (χ3v) is 5.58. The topological polar surface area (TPSA) is 91.9 Å². The zero-order valence-electron chi connectivity index (χ0n) is 16.5. The van der Waals surface area contributed by atoms with Crippen molar-refractivity contribution in [2.75, 3.05) is 18.5 Å². The Balaban J connectivity index is 1.56. The number of ether oxygens (including phenoxy) is 2. The number of aromatic nitrogens is 6. The largest absolute Gasteiger partial charge is 0.475 e. The van der Waals surface area contributed by atoms with E-state index in [1.807, 2.05) is 17.8 Å². The van der Waals surface area contributed by atoms with Crippen LogP contribution in [0.25, 0.3) is 11.0 Å². The zero-order valence-corrected chi connectivity index (χ0v) is 16.5. The summed E-state index contributed by atoms with van der Waals surface area (Å²) in [5.74, 6) is 1.14. The van der Waals surface area contributed by atoms with E-state index in [1.54, 1.807) is 0 Å². The molecule has 2 aliphatic rings. The van der Waals surface area contributed by atoms with Crippen molar-refractivity contribution in [2.45, 2.75) is 58.7 Å². The summed E-state index contributed by atoms with van der Waals surface area (Å²) in [4.78, 5) is 9.21. The Morgan fingerprint density at radius 1 is 1.21 bits per heavy atom. The second-order valence-corrected chi connectivity index (χ2v) is 7.64. The van der Waals surface area contributed by atoms with Crippen molar-refractivity contribution in [3.8, 4) is 5.88 Å². The molecular weight excluding hydrogens is 358 g/mol. The smallest absolute Gasteiger partial charge is 0.257 e. The number of hydrogen-bond donors (Lipinski definition) is 1. The summed E-state index contributed by atoms with van der Waals surface area (Å²) in [5.41, 5.74) is 3.66. The molecular formula is C19H25N7O2. The number of hydrogen-bond acceptors (Lipinski definition) is 7. The highest BCUT2D eigenvalue weighted by atomic mass is 16.5. The van der Waals surface area contributed by atoms with Gasteiger partial charge in [-0.3, -0.25) is 4.68 Å². The van der Waals surface area contributed by atoms with Gasteiger partial charge in [-0.1, -0.05) is 0 Å². The van der Waals surface area contributed by atoms with Crippen molar-refractivity contribution in [1.82, 2.24) is 29.5 Å². The van der Waals surface area contributed by atoms with Crippen LogP contribution in [0, 0.1) is 13.8 Å². The Kier molecular flexibility index (Phi) is 4.19. The number of nitrogens with zero attached hydrogens (tertiary/aromatic N) is 6. The third kappa shape index (κ3) is 2.90. The lowest BCUT2D eigenvalue weighted by atomic mass is 10.0. The van der Waals surface area contributed by atoms with Gasteiger partial charge in [0.25, 0.3) is 5.88 Å². The minimum Gasteiger partial charge on any atom is -0.475 e. The van der Waals surface area contributed by atoms with E-state index in [1.165, 1.54) is 0 Å². The van der Waals surface area contributed by atoms with E-state index in [0.29, 0.717) is 24.5 Å². The van der Waals surface area contributed by atoms with E-state index < -0.39 is 0 Å². The molecule has 1 saturated heterocycles. The minimum absolute atomic E-state index is 0.239. The van der Waals surface area contributed by atoms with Crippen molar-refractivity contribution >= 4 is 22.7 Å². The van der Waals surface area contributed by atoms with Gasteiger partial charge in [-0.25, -0.2) is 9.67 Å². The summed E-state index contributed by atoms with van der Waals surface area (Å²) in [6.45, 7) is 8.23. The average Bonchev–Trinajstić information content (AvgIpc) is 3.16. The first kappa shape index (κ1) is 17.4. The van der Waals surface area contributed by atoms with E-state index in [2.05, 4.69) is 33.9 Å². The lowest BCUT2D eigenvalue weighted by molar-refractivity contribution is 0.00288. The van der Waals surface area contributed by atoms with Crippen molar-refractivity contribution in [1.29, 1.82) is 0 Å². The molecule has 0 amide bonds. The van der Waals surface area contributed by atoms with Gasteiger partial charge >= 0.3 is 0 Å². The summed E-state index contributed by atoms with van der Waals surface area (Å²) in [6.07, 6.45) is 4.80. The van der Waals surface area contributed by atoms with Crippen LogP contribution in [0.4, 0.5) is 11.6 Å². The summed E-state index contributed by atoms with van der Waals surface area (Å²) >= 11 is 0. The van der Waals surface area contributed by atoms with E-state index in [9.17, 15) is 0 Å². The standard InChI is InChI=1S/C19H25N7O2/c1-11-9-14(5-8-27-11)26-13(3)16-18(24-26)28-7-4-6-25-17-15(12(2)23-25)10-20-19(21-16)22-17/h10-11,14H,4-9H2,1-3H3,(H,20,21,22)/t11-,14-/m0/s1. The van der Waals surface area contributed by atoms with Crippen LogP contribution in [0.3, 0.4) is 0 Å². The number of aryl methyl sites for hydroxylation is 2. The molecule has 2 bridgehead atoms. The highest BCUT2D eigenvalue weighted by Crippen LogP contribution is 2.35. The lowest BCUT2D eigenvalue weighted by Crippen LogP contribution is -2.26. The number of fused-ring (bicyclic) bond motifs is 2. The first-order valence-electron chi connectivity index (χ1n) is 9.91. The van der Waals surface area contributed by atoms with Crippen LogP contribution in [-0.2, 0) is 11.3 Å². The van der Waals surface area contributed by atoms with E-state index in [0.717, 1.165) is 60.5 Å². The molecule has 0 unspecified atom stereocenters. The predicted octanol–water partition coefficient (Wildman–Crippen LogP) is 2.91. The van der Waals surface area contributed by atoms with Gasteiger partial charge in [0, 0.05) is 25.8 Å². The Labute approximate surface area is 163 Å². The van der Waals surface area contributed by atoms with Gasteiger partial charge in [0.05, 0.1) is 35.5 Å². The molecule has 3 aromatic heterocycles. The molecule has 9 heteroatoms. The van der Waals surface area contributed by atoms with Gasteiger partial charge in [0.15, 0.2) is 5.65 Å². The zero-order chi connectivity index (χ0) is 19.3. The molecule has 0 radical (unpaired) electrons. The van der Waals surface area contributed by atoms with Crippen molar-refractivity contribution in [3.63, 3.8) is 0 Å². The van der Waals surface area contributed by atoms with Gasteiger partial charge in [-0.2, -0.15) is 10.1 Å². The molecule has 0 spiro atoms. The van der Waals surface area contributed by atoms with Crippen LogP contribution < -0.4 is 10.1 Å². The van der Waals surface area contributed by atoms with Gasteiger partial charge in [-0.05, 0) is 33.6 Å². The molecule has 0 aromatic carbocycles. The normalized spacial score (nSPS) is 22.4. The van der Waals surface area contributed by atoms with Gasteiger partial charge < -0.3 is 14.8 Å². The Bertz CT molecular complexity index is 1030. The molecule has 1 N–H and O–H groups in total. The van der Waals surface area contributed by atoms with Crippen LogP contribution in [0.1, 0.15) is 43.6 Å². The Morgan fingerprint density at radius 3 is 2.96 bits per heavy atom. The molecule has 0 aliphatic carbocycles. The lowest BCUT2D eigenvalue weighted by Gasteiger charge is -2.28. The van der Waals surface area contributed by atoms with Crippen molar-refractivity contribution in [2.24, 2.45) is 0 Å². The Hall–Kier alpha value is -2.68. The molecule has 28 heavy (non-hydrogen) atoms. The van der Waals surface area contributed by atoms with Crippen LogP contribution in [0.5, 0.6) is 5.88 Å². The summed E-state index contributed by atoms with van der Waals surface area (Å²) < 4.78 is 15.8. The van der Waals surface area contributed by atoms with Gasteiger partial charge in [0.2, 0.25) is 5.95 Å². The fourth-order valence-corrected chi connectivity index (χ4v) is 4.11. The van der Waals surface area contributed by atoms with Crippen LogP contribution in [0.2, 0.25) is 0 Å². The number of anilines is 2. The second kappa shape index (κ2) is 6.73. The maximum absolute atomic E-state index is 6.06. The van der Waals surface area contributed by atoms with Crippen LogP contribution in [0.15, 0.2) is 6.20 Å². The summed E-state index contributed by atoms with van der Waals surface area (Å²) in [7, 11) is 0. The molecule has 148 valence electrons. The van der Waals surface area contributed by atoms with Gasteiger partial charge in [0.1, 0.15) is 5.69 Å². The fraction of sp³-hybridized carbons (Fsp3) is 0.579. The molecule has 9 nitrogen and oxygen atoms in total. The maximum atomic E-state index is 6.06. The van der Waals surface area contributed by atoms with Crippen molar-refractivity contribution < 1.29 is 9.47 Å². The van der Waals surface area contributed by atoms with Gasteiger partial charge in [-0.15, -0.1) is 5.10 Å². The SMILES string of the molecule is Cc1nn2c3nc(ncc13)Nc1c(nn([C@H]3CCO[C@@H](C)C3)c1C)OCCC2. The summed E-state index contributed by atoms with van der Waals surface area (Å²) in [6, 6.07) is 0.307. The van der Waals surface area contributed by atoms with Crippen LogP contribution >= 0.6 is 0 Å². The number of rotatable bonds is 1. The summed E-state index contributed by atoms with van der Waals surface area (Å²) in [5, 5.41) is 13.7. The molecule has 5 heterocycles. The molecule has 2 atom stereocenters. The Morgan fingerprint density at radius 2 is 2.11 bits per heavy atom. The quantitative estimate of drug-likeness (QED) is 0.691. The monoisotopic (exact) mass is 383 g/mol. The molecule has 0 saturated carbocycles. The predicted molar refractivity (Wildman–Crippen MR) is 104 cm³/mol. The number of nitrogens with one attached hydrogen (secondary N) is 1. The van der Waals surface area contributed by atoms with E-state index in [-0.39, 0.29) is 6.10 Å². The molecule has 3 aromatic rings. The first-order valence-corrected chi connectivity index (χ1v) is 9.91. The molecule has 5 rings (SSSR count). The molecule has 1 fully saturated rings. The highest BCUT2D eigenvalue weighted by molar-refractivity contribution is 5.79. The minimum atomic E-state index is 0.239. The maximum Gasteiger partial charge on any atom is 0.257 e. The van der Waals surface area contributed by atoms with Crippen LogP contribution in [-0.4, -0.2) is 48.8 Å². The fourth-order valence-electron chi connectivity index (χ4n) is 4.11. The highest BCUT2D eigenvalue weighted by Gasteiger charge is 2.27. The van der Waals surface area contributed by atoms with E-state index >= 15 is 0 Å². The van der Waals surface area contributed by atoms with Crippen molar-refractivity contribution in [3.05, 3.63) is 17.6 Å². The first-order chi connectivity index (χ1) is 13.6. The average molecular weight is 383 g/mol.